The lowest BCUT2D eigenvalue weighted by atomic mass is 10.2. The SMILES string of the molecule is CN(C)C(=O)NCCNCC#Cc1ccccc1. The van der Waals surface area contributed by atoms with E-state index < -0.39 is 0 Å². The van der Waals surface area contributed by atoms with Crippen molar-refractivity contribution in [2.45, 2.75) is 0 Å². The molecule has 18 heavy (non-hydrogen) atoms. The van der Waals surface area contributed by atoms with Crippen LogP contribution >= 0.6 is 0 Å². The fourth-order valence-corrected chi connectivity index (χ4v) is 1.23. The predicted molar refractivity (Wildman–Crippen MR) is 73.3 cm³/mol. The molecule has 1 rings (SSSR count). The van der Waals surface area contributed by atoms with E-state index >= 15 is 0 Å². The van der Waals surface area contributed by atoms with Crippen molar-refractivity contribution in [1.82, 2.24) is 15.5 Å². The van der Waals surface area contributed by atoms with Crippen LogP contribution in [0, 0.1) is 11.8 Å². The maximum absolute atomic E-state index is 11.2. The molecular weight excluding hydrogens is 226 g/mol. The van der Waals surface area contributed by atoms with Gasteiger partial charge in [0.2, 0.25) is 0 Å². The Balaban J connectivity index is 2.09. The molecule has 0 aromatic heterocycles. The van der Waals surface area contributed by atoms with Crippen molar-refractivity contribution in [3.63, 3.8) is 0 Å². The zero-order chi connectivity index (χ0) is 13.2. The van der Waals surface area contributed by atoms with Gasteiger partial charge in [-0.25, -0.2) is 4.79 Å². The normalized spacial score (nSPS) is 9.22. The molecule has 2 N–H and O–H groups in total. The highest BCUT2D eigenvalue weighted by Gasteiger charge is 1.99. The van der Waals surface area contributed by atoms with Crippen LogP contribution in [0.25, 0.3) is 0 Å². The van der Waals surface area contributed by atoms with Gasteiger partial charge in [-0.3, -0.25) is 0 Å². The van der Waals surface area contributed by atoms with E-state index in [0.29, 0.717) is 19.6 Å². The molecule has 0 aliphatic carbocycles. The lowest BCUT2D eigenvalue weighted by molar-refractivity contribution is 0.217. The van der Waals surface area contributed by atoms with Gasteiger partial charge in [-0.05, 0) is 12.1 Å². The van der Waals surface area contributed by atoms with Gasteiger partial charge in [-0.2, -0.15) is 0 Å². The maximum atomic E-state index is 11.2. The topological polar surface area (TPSA) is 44.4 Å². The number of amides is 2. The number of hydrogen-bond donors (Lipinski definition) is 2. The number of carbonyl (C=O) groups is 1. The van der Waals surface area contributed by atoms with Gasteiger partial charge in [0, 0.05) is 32.7 Å². The number of rotatable bonds is 4. The molecule has 1 aromatic rings. The monoisotopic (exact) mass is 245 g/mol. The summed E-state index contributed by atoms with van der Waals surface area (Å²) >= 11 is 0. The molecule has 0 heterocycles. The van der Waals surface area contributed by atoms with Crippen LogP contribution in [0.4, 0.5) is 4.79 Å². The quantitative estimate of drug-likeness (QED) is 0.611. The van der Waals surface area contributed by atoms with Crippen LogP contribution in [-0.4, -0.2) is 44.7 Å². The summed E-state index contributed by atoms with van der Waals surface area (Å²) in [6, 6.07) is 9.78. The van der Waals surface area contributed by atoms with Crippen LogP contribution in [0.3, 0.4) is 0 Å². The summed E-state index contributed by atoms with van der Waals surface area (Å²) in [6.07, 6.45) is 0. The predicted octanol–water partition coefficient (Wildman–Crippen LogP) is 0.899. The average molecular weight is 245 g/mol. The Morgan fingerprint density at radius 1 is 1.22 bits per heavy atom. The molecule has 0 saturated carbocycles. The summed E-state index contributed by atoms with van der Waals surface area (Å²) in [4.78, 5) is 12.7. The van der Waals surface area contributed by atoms with E-state index in [2.05, 4.69) is 22.5 Å². The van der Waals surface area contributed by atoms with Gasteiger partial charge in [0.05, 0.1) is 6.54 Å². The Bertz CT molecular complexity index is 418. The number of nitrogens with one attached hydrogen (secondary N) is 2. The number of urea groups is 1. The van der Waals surface area contributed by atoms with Crippen LogP contribution in [-0.2, 0) is 0 Å². The molecule has 0 aliphatic heterocycles. The molecule has 0 radical (unpaired) electrons. The largest absolute Gasteiger partial charge is 0.337 e. The van der Waals surface area contributed by atoms with E-state index in [4.69, 9.17) is 0 Å². The van der Waals surface area contributed by atoms with E-state index in [9.17, 15) is 4.79 Å². The van der Waals surface area contributed by atoms with Crippen molar-refractivity contribution in [3.05, 3.63) is 35.9 Å². The molecule has 1 aromatic carbocycles. The summed E-state index contributed by atoms with van der Waals surface area (Å²) in [6.45, 7) is 1.93. The molecule has 0 aliphatic rings. The number of hydrogen-bond acceptors (Lipinski definition) is 2. The minimum atomic E-state index is -0.0767. The van der Waals surface area contributed by atoms with Gasteiger partial charge >= 0.3 is 6.03 Å². The van der Waals surface area contributed by atoms with Crippen molar-refractivity contribution < 1.29 is 4.79 Å². The fraction of sp³-hybridized carbons (Fsp3) is 0.357. The summed E-state index contributed by atoms with van der Waals surface area (Å²) in [5.74, 6) is 6.08. The van der Waals surface area contributed by atoms with Gasteiger partial charge in [0.1, 0.15) is 0 Å². The first-order valence-corrected chi connectivity index (χ1v) is 5.90. The second-order valence-corrected chi connectivity index (χ2v) is 3.97. The fourth-order valence-electron chi connectivity index (χ4n) is 1.23. The molecule has 4 nitrogen and oxygen atoms in total. The molecule has 0 spiro atoms. The Kier molecular flexibility index (Phi) is 6.37. The molecule has 0 fully saturated rings. The number of benzene rings is 1. The van der Waals surface area contributed by atoms with Crippen LogP contribution in [0.2, 0.25) is 0 Å². The standard InChI is InChI=1S/C14H19N3O/c1-17(2)14(18)16-12-11-15-10-6-9-13-7-4-3-5-8-13/h3-5,7-8,15H,10-12H2,1-2H3,(H,16,18). The van der Waals surface area contributed by atoms with Gasteiger partial charge in [0.25, 0.3) is 0 Å². The summed E-state index contributed by atoms with van der Waals surface area (Å²) < 4.78 is 0. The Labute approximate surface area is 108 Å². The maximum Gasteiger partial charge on any atom is 0.316 e. The van der Waals surface area contributed by atoms with Gasteiger partial charge in [0.15, 0.2) is 0 Å². The molecule has 0 bridgehead atoms. The van der Waals surface area contributed by atoms with E-state index in [0.717, 1.165) is 5.56 Å². The molecule has 0 atom stereocenters. The highest BCUT2D eigenvalue weighted by molar-refractivity contribution is 5.73. The molecule has 4 heteroatoms. The number of nitrogens with zero attached hydrogens (tertiary/aromatic N) is 1. The Morgan fingerprint density at radius 2 is 1.94 bits per heavy atom. The third-order valence-electron chi connectivity index (χ3n) is 2.20. The van der Waals surface area contributed by atoms with E-state index in [1.165, 1.54) is 4.90 Å². The van der Waals surface area contributed by atoms with E-state index in [1.807, 2.05) is 30.3 Å². The lowest BCUT2D eigenvalue weighted by Crippen LogP contribution is -2.38. The Morgan fingerprint density at radius 3 is 2.61 bits per heavy atom. The molecular formula is C14H19N3O. The van der Waals surface area contributed by atoms with Gasteiger partial charge in [-0.15, -0.1) is 0 Å². The van der Waals surface area contributed by atoms with Crippen LogP contribution in [0.1, 0.15) is 5.56 Å². The summed E-state index contributed by atoms with van der Waals surface area (Å²) in [5.41, 5.74) is 1.01. The smallest absolute Gasteiger partial charge is 0.316 e. The van der Waals surface area contributed by atoms with Crippen LogP contribution < -0.4 is 10.6 Å². The van der Waals surface area contributed by atoms with E-state index in [1.54, 1.807) is 14.1 Å². The van der Waals surface area contributed by atoms with Crippen molar-refractivity contribution in [1.29, 1.82) is 0 Å². The minimum Gasteiger partial charge on any atom is -0.337 e. The number of carbonyl (C=O) groups excluding carboxylic acids is 1. The van der Waals surface area contributed by atoms with Crippen LogP contribution in [0.5, 0.6) is 0 Å². The minimum absolute atomic E-state index is 0.0767. The first kappa shape index (κ1) is 14.1. The highest BCUT2D eigenvalue weighted by Crippen LogP contribution is 1.93. The summed E-state index contributed by atoms with van der Waals surface area (Å²) in [5, 5.41) is 5.91. The zero-order valence-electron chi connectivity index (χ0n) is 10.9. The second-order valence-electron chi connectivity index (χ2n) is 3.97. The summed E-state index contributed by atoms with van der Waals surface area (Å²) in [7, 11) is 3.43. The van der Waals surface area contributed by atoms with Crippen molar-refractivity contribution in [2.75, 3.05) is 33.7 Å². The second kappa shape index (κ2) is 8.15. The average Bonchev–Trinajstić information content (AvgIpc) is 2.38. The van der Waals surface area contributed by atoms with Crippen molar-refractivity contribution >= 4 is 6.03 Å². The van der Waals surface area contributed by atoms with Crippen molar-refractivity contribution in [3.8, 4) is 11.8 Å². The van der Waals surface area contributed by atoms with Gasteiger partial charge in [-0.1, -0.05) is 30.0 Å². The third-order valence-corrected chi connectivity index (χ3v) is 2.20. The van der Waals surface area contributed by atoms with Gasteiger partial charge < -0.3 is 15.5 Å². The highest BCUT2D eigenvalue weighted by atomic mass is 16.2. The first-order valence-electron chi connectivity index (χ1n) is 5.90. The molecule has 0 unspecified atom stereocenters. The van der Waals surface area contributed by atoms with E-state index in [-0.39, 0.29) is 6.03 Å². The van der Waals surface area contributed by atoms with Crippen LogP contribution in [0.15, 0.2) is 30.3 Å². The van der Waals surface area contributed by atoms with Crippen molar-refractivity contribution in [2.24, 2.45) is 0 Å². The first-order chi connectivity index (χ1) is 8.70. The molecule has 96 valence electrons. The third kappa shape index (κ3) is 5.92. The Hall–Kier alpha value is -1.99. The zero-order valence-corrected chi connectivity index (χ0v) is 10.9. The molecule has 2 amide bonds. The lowest BCUT2D eigenvalue weighted by Gasteiger charge is -2.11. The molecule has 0 saturated heterocycles.